The Kier molecular flexibility index (Phi) is 10.5. The minimum atomic E-state index is -0.829. The molecule has 1 saturated heterocycles. The zero-order valence-electron chi connectivity index (χ0n) is 23.6. The molecule has 0 radical (unpaired) electrons. The van der Waals surface area contributed by atoms with Crippen molar-refractivity contribution in [3.05, 3.63) is 34.8 Å². The second-order valence-corrected chi connectivity index (χ2v) is 11.4. The molecule has 36 heavy (non-hydrogen) atoms. The zero-order valence-corrected chi connectivity index (χ0v) is 23.6. The molecule has 3 aliphatic rings. The van der Waals surface area contributed by atoms with E-state index in [9.17, 15) is 10.2 Å². The van der Waals surface area contributed by atoms with Crippen LogP contribution in [0.2, 0.25) is 0 Å². The zero-order chi connectivity index (χ0) is 26.5. The van der Waals surface area contributed by atoms with Crippen molar-refractivity contribution in [3.8, 4) is 0 Å². The smallest absolute Gasteiger partial charge is 0.161 e. The van der Waals surface area contributed by atoms with Crippen molar-refractivity contribution in [2.24, 2.45) is 23.7 Å². The van der Waals surface area contributed by atoms with Gasteiger partial charge in [-0.3, -0.25) is 0 Å². The average Bonchev–Trinajstić information content (AvgIpc) is 2.87. The first kappa shape index (κ1) is 29.2. The summed E-state index contributed by atoms with van der Waals surface area (Å²) in [6.07, 6.45) is 10.5. The summed E-state index contributed by atoms with van der Waals surface area (Å²) in [5.41, 5.74) is 1.66. The Balaban J connectivity index is 1.71. The molecule has 1 fully saturated rings. The minimum Gasteiger partial charge on any atom is -0.501 e. The van der Waals surface area contributed by atoms with Crippen molar-refractivity contribution in [1.82, 2.24) is 0 Å². The molecule has 0 aromatic carbocycles. The van der Waals surface area contributed by atoms with Gasteiger partial charge in [0, 0.05) is 25.9 Å². The quantitative estimate of drug-likeness (QED) is 0.254. The number of hydrogen-bond donors (Lipinski definition) is 2. The highest BCUT2D eigenvalue weighted by atomic mass is 16.6. The van der Waals surface area contributed by atoms with Gasteiger partial charge in [-0.15, -0.1) is 0 Å². The predicted molar refractivity (Wildman–Crippen MR) is 142 cm³/mol. The molecule has 0 saturated carbocycles. The molecule has 6 heteroatoms. The van der Waals surface area contributed by atoms with Gasteiger partial charge in [0.05, 0.1) is 43.0 Å². The standard InChI is InChI=1S/C30H50O6/c1-8-10-21-15-25-24-12-11-22(30(5,32)9-2)16-26(24)29(31)36-28(25)17-27(21)35-18-19(3)13-23(34-7)14-20(4)33-6/h14,16,19-20,24-26,28-29,31-32H,8-13,15,17-18H2,1-7H3/b23-14+/t19-,20?,24?,25-,26+,28-,29-,30?/m0/s1. The normalized spacial score (nSPS) is 32.1. The van der Waals surface area contributed by atoms with Gasteiger partial charge >= 0.3 is 0 Å². The van der Waals surface area contributed by atoms with Crippen LogP contribution < -0.4 is 0 Å². The van der Waals surface area contributed by atoms with Crippen molar-refractivity contribution in [3.63, 3.8) is 0 Å². The lowest BCUT2D eigenvalue weighted by Gasteiger charge is -2.50. The lowest BCUT2D eigenvalue weighted by atomic mass is 9.64. The van der Waals surface area contributed by atoms with Gasteiger partial charge in [0.15, 0.2) is 6.29 Å². The Bertz CT molecular complexity index is 812. The van der Waals surface area contributed by atoms with Crippen molar-refractivity contribution < 1.29 is 29.2 Å². The number of methoxy groups -OCH3 is 2. The summed E-state index contributed by atoms with van der Waals surface area (Å²) in [5, 5.41) is 21.8. The van der Waals surface area contributed by atoms with Crippen LogP contribution in [0.1, 0.15) is 86.0 Å². The van der Waals surface area contributed by atoms with Gasteiger partial charge in [-0.25, -0.2) is 0 Å². The van der Waals surface area contributed by atoms with Gasteiger partial charge in [-0.05, 0) is 80.9 Å². The first-order chi connectivity index (χ1) is 17.1. The second-order valence-electron chi connectivity index (χ2n) is 11.4. The molecular formula is C30H50O6. The van der Waals surface area contributed by atoms with Gasteiger partial charge in [-0.2, -0.15) is 0 Å². The van der Waals surface area contributed by atoms with Crippen LogP contribution in [0.15, 0.2) is 34.8 Å². The summed E-state index contributed by atoms with van der Waals surface area (Å²) in [7, 11) is 3.40. The first-order valence-corrected chi connectivity index (χ1v) is 14.0. The fourth-order valence-electron chi connectivity index (χ4n) is 6.18. The molecule has 0 aromatic rings. The maximum atomic E-state index is 11.0. The molecule has 206 valence electrons. The summed E-state index contributed by atoms with van der Waals surface area (Å²) in [4.78, 5) is 0. The van der Waals surface area contributed by atoms with E-state index < -0.39 is 11.9 Å². The molecule has 2 aliphatic carbocycles. The molecule has 0 spiro atoms. The Morgan fingerprint density at radius 1 is 1.22 bits per heavy atom. The topological polar surface area (TPSA) is 77.4 Å². The molecule has 1 heterocycles. The van der Waals surface area contributed by atoms with Gasteiger partial charge in [-0.1, -0.05) is 33.3 Å². The van der Waals surface area contributed by atoms with E-state index in [0.717, 1.165) is 62.0 Å². The average molecular weight is 507 g/mol. The summed E-state index contributed by atoms with van der Waals surface area (Å²) < 4.78 is 23.6. The molecule has 0 bridgehead atoms. The van der Waals surface area contributed by atoms with Crippen LogP contribution in [-0.4, -0.2) is 55.1 Å². The van der Waals surface area contributed by atoms with E-state index in [1.165, 1.54) is 5.57 Å². The highest BCUT2D eigenvalue weighted by molar-refractivity contribution is 5.24. The number of rotatable bonds is 12. The number of hydrogen-bond acceptors (Lipinski definition) is 6. The molecule has 3 unspecified atom stereocenters. The lowest BCUT2D eigenvalue weighted by Crippen LogP contribution is -2.50. The van der Waals surface area contributed by atoms with E-state index in [1.54, 1.807) is 14.2 Å². The third-order valence-corrected chi connectivity index (χ3v) is 8.65. The van der Waals surface area contributed by atoms with E-state index in [-0.39, 0.29) is 18.1 Å². The molecular weight excluding hydrogens is 456 g/mol. The van der Waals surface area contributed by atoms with E-state index in [4.69, 9.17) is 18.9 Å². The van der Waals surface area contributed by atoms with E-state index in [0.29, 0.717) is 30.8 Å². The van der Waals surface area contributed by atoms with Crippen molar-refractivity contribution in [2.45, 2.75) is 110 Å². The highest BCUT2D eigenvalue weighted by Gasteiger charge is 2.48. The summed E-state index contributed by atoms with van der Waals surface area (Å²) >= 11 is 0. The first-order valence-electron chi connectivity index (χ1n) is 14.0. The second kappa shape index (κ2) is 12.9. The molecule has 2 N–H and O–H groups in total. The maximum Gasteiger partial charge on any atom is 0.161 e. The van der Waals surface area contributed by atoms with Gasteiger partial charge in [0.25, 0.3) is 0 Å². The van der Waals surface area contributed by atoms with Crippen LogP contribution in [0.25, 0.3) is 0 Å². The van der Waals surface area contributed by atoms with Gasteiger partial charge in [0.1, 0.15) is 0 Å². The summed E-state index contributed by atoms with van der Waals surface area (Å²) in [6.45, 7) is 10.9. The molecule has 0 amide bonds. The van der Waals surface area contributed by atoms with Gasteiger partial charge in [0.2, 0.25) is 0 Å². The molecule has 3 rings (SSSR count). The molecule has 1 aliphatic heterocycles. The Labute approximate surface area is 218 Å². The van der Waals surface area contributed by atoms with Crippen LogP contribution >= 0.6 is 0 Å². The Hall–Kier alpha value is -1.34. The van der Waals surface area contributed by atoms with Crippen LogP contribution in [0.4, 0.5) is 0 Å². The number of fused-ring (bicyclic) bond motifs is 3. The van der Waals surface area contributed by atoms with Crippen molar-refractivity contribution >= 4 is 0 Å². The minimum absolute atomic E-state index is 0.0136. The van der Waals surface area contributed by atoms with Gasteiger partial charge < -0.3 is 29.2 Å². The monoisotopic (exact) mass is 506 g/mol. The number of allylic oxidation sites excluding steroid dienone is 2. The molecule has 6 nitrogen and oxygen atoms in total. The van der Waals surface area contributed by atoms with E-state index in [1.807, 2.05) is 26.8 Å². The molecule has 0 aromatic heterocycles. The number of ether oxygens (including phenoxy) is 4. The molecule has 8 atom stereocenters. The summed E-state index contributed by atoms with van der Waals surface area (Å²) in [5.74, 6) is 2.98. The van der Waals surface area contributed by atoms with Crippen LogP contribution in [0, 0.1) is 23.7 Å². The predicted octanol–water partition coefficient (Wildman–Crippen LogP) is 5.89. The van der Waals surface area contributed by atoms with Crippen LogP contribution in [0.5, 0.6) is 0 Å². The maximum absolute atomic E-state index is 11.0. The third-order valence-electron chi connectivity index (χ3n) is 8.65. The van der Waals surface area contributed by atoms with Crippen LogP contribution in [-0.2, 0) is 18.9 Å². The third kappa shape index (κ3) is 6.94. The largest absolute Gasteiger partial charge is 0.501 e. The van der Waals surface area contributed by atoms with Crippen LogP contribution in [0.3, 0.4) is 0 Å². The fraction of sp³-hybridized carbons (Fsp3) is 0.800. The number of aliphatic hydroxyl groups excluding tert-OH is 1. The van der Waals surface area contributed by atoms with Crippen molar-refractivity contribution in [1.29, 1.82) is 0 Å². The summed E-state index contributed by atoms with van der Waals surface area (Å²) in [6, 6.07) is 0. The van der Waals surface area contributed by atoms with E-state index in [2.05, 4.69) is 19.9 Å². The van der Waals surface area contributed by atoms with Crippen molar-refractivity contribution in [2.75, 3.05) is 20.8 Å². The SMILES string of the molecule is CCCC1=C(OC[C@@H](C)C/C(=C\C(C)OC)OC)C[C@@H]2O[C@H](O)[C@@H]3C=C(C(C)(O)CC)CCC3[C@@H]2C1. The number of aliphatic hydroxyl groups is 2. The highest BCUT2D eigenvalue weighted by Crippen LogP contribution is 2.50. The Morgan fingerprint density at radius 2 is 1.97 bits per heavy atom. The fourth-order valence-corrected chi connectivity index (χ4v) is 6.18. The van der Waals surface area contributed by atoms with E-state index >= 15 is 0 Å². The lowest BCUT2D eigenvalue weighted by molar-refractivity contribution is -0.229. The Morgan fingerprint density at radius 3 is 2.61 bits per heavy atom.